The number of carbonyl (C=O) groups excluding carboxylic acids is 1. The molecule has 0 saturated carbocycles. The number of hydrogen-bond acceptors (Lipinski definition) is 7. The molecule has 2 heterocycles. The molecule has 1 saturated heterocycles. The fraction of sp³-hybridized carbons (Fsp3) is 0.368. The molecule has 3 rings (SSSR count). The molecule has 29 heavy (non-hydrogen) atoms. The predicted octanol–water partition coefficient (Wildman–Crippen LogP) is 0.0372. The fourth-order valence-corrected chi connectivity index (χ4v) is 3.27. The Morgan fingerprint density at radius 3 is 2.69 bits per heavy atom. The second-order valence-corrected chi connectivity index (χ2v) is 6.94. The van der Waals surface area contributed by atoms with Gasteiger partial charge in [-0.1, -0.05) is 30.3 Å². The smallest absolute Gasteiger partial charge is 0.331 e. The summed E-state index contributed by atoms with van der Waals surface area (Å²) in [5.41, 5.74) is 5.80. The molecule has 0 aliphatic carbocycles. The van der Waals surface area contributed by atoms with Crippen molar-refractivity contribution < 1.29 is 24.2 Å². The van der Waals surface area contributed by atoms with Gasteiger partial charge in [0, 0.05) is 18.2 Å². The van der Waals surface area contributed by atoms with Crippen molar-refractivity contribution in [1.82, 2.24) is 9.55 Å². The Labute approximate surface area is 164 Å². The number of ether oxygens (including phenoxy) is 2. The lowest BCUT2D eigenvalue weighted by Gasteiger charge is -2.26. The van der Waals surface area contributed by atoms with Gasteiger partial charge >= 0.3 is 17.6 Å². The number of nitrogens with one attached hydrogen (secondary N) is 1. The van der Waals surface area contributed by atoms with Crippen molar-refractivity contribution in [1.29, 1.82) is 0 Å². The molecule has 1 fully saturated rings. The number of aromatic nitrogens is 2. The van der Waals surface area contributed by atoms with E-state index in [4.69, 9.17) is 20.3 Å². The summed E-state index contributed by atoms with van der Waals surface area (Å²) >= 11 is 0. The fourth-order valence-electron chi connectivity index (χ4n) is 3.27. The Balaban J connectivity index is 1.85. The van der Waals surface area contributed by atoms with Crippen LogP contribution in [0.15, 0.2) is 46.1 Å². The maximum atomic E-state index is 12.6. The van der Waals surface area contributed by atoms with Crippen LogP contribution in [0.25, 0.3) is 0 Å². The average Bonchev–Trinajstić information content (AvgIpc) is 3.00. The highest BCUT2D eigenvalue weighted by Crippen LogP contribution is 2.37. The first-order chi connectivity index (χ1) is 13.7. The zero-order chi connectivity index (χ0) is 21.2. The van der Waals surface area contributed by atoms with Crippen molar-refractivity contribution in [3.05, 3.63) is 68.5 Å². The van der Waals surface area contributed by atoms with Gasteiger partial charge in [-0.3, -0.25) is 29.7 Å². The van der Waals surface area contributed by atoms with E-state index in [1.54, 1.807) is 24.3 Å². The first-order valence-electron chi connectivity index (χ1n) is 8.92. The lowest BCUT2D eigenvalue weighted by Crippen LogP contribution is -2.50. The Morgan fingerprint density at radius 1 is 1.34 bits per heavy atom. The summed E-state index contributed by atoms with van der Waals surface area (Å²) < 4.78 is 11.9. The van der Waals surface area contributed by atoms with Crippen LogP contribution in [-0.4, -0.2) is 32.7 Å². The summed E-state index contributed by atoms with van der Waals surface area (Å²) in [5.74, 6) is -4.67. The third-order valence-electron chi connectivity index (χ3n) is 4.75. The summed E-state index contributed by atoms with van der Waals surface area (Å²) in [4.78, 5) is 49.8. The maximum absolute atomic E-state index is 12.6. The summed E-state index contributed by atoms with van der Waals surface area (Å²) in [5, 5.41) is 9.17. The molecule has 154 valence electrons. The van der Waals surface area contributed by atoms with Crippen LogP contribution in [-0.2, 0) is 31.5 Å². The number of rotatable bonds is 6. The molecule has 2 aromatic rings. The van der Waals surface area contributed by atoms with E-state index in [-0.39, 0.29) is 18.6 Å². The van der Waals surface area contributed by atoms with Crippen LogP contribution in [0.3, 0.4) is 0 Å². The Hall–Kier alpha value is -3.24. The van der Waals surface area contributed by atoms with E-state index in [2.05, 4.69) is 4.98 Å². The molecule has 0 unspecified atom stereocenters. The first-order valence-corrected chi connectivity index (χ1v) is 8.92. The monoisotopic (exact) mass is 403 g/mol. The number of H-pyrrole nitrogens is 1. The second-order valence-electron chi connectivity index (χ2n) is 6.94. The summed E-state index contributed by atoms with van der Waals surface area (Å²) in [6.45, 7) is 1.48. The highest BCUT2D eigenvalue weighted by molar-refractivity contribution is 5.75. The number of carbonyl (C=O) groups is 2. The largest absolute Gasteiger partial charge is 0.481 e. The second kappa shape index (κ2) is 8.02. The van der Waals surface area contributed by atoms with E-state index in [1.165, 1.54) is 13.1 Å². The van der Waals surface area contributed by atoms with Gasteiger partial charge in [0.1, 0.15) is 6.61 Å². The van der Waals surface area contributed by atoms with Gasteiger partial charge in [-0.15, -0.1) is 0 Å². The molecular formula is C19H21N3O7. The van der Waals surface area contributed by atoms with Gasteiger partial charge in [0.25, 0.3) is 5.56 Å². The zero-order valence-electron chi connectivity index (χ0n) is 15.7. The number of aryl methyl sites for hydroxylation is 1. The average molecular weight is 403 g/mol. The van der Waals surface area contributed by atoms with Crippen LogP contribution in [0.2, 0.25) is 0 Å². The molecule has 1 aromatic carbocycles. The molecule has 0 radical (unpaired) electrons. The van der Waals surface area contributed by atoms with Crippen LogP contribution < -0.4 is 17.0 Å². The number of carboxylic acids is 1. The Kier molecular flexibility index (Phi) is 5.66. The number of nitrogens with two attached hydrogens (primary N) is 1. The molecule has 4 N–H and O–H groups in total. The number of benzene rings is 1. The molecule has 0 spiro atoms. The molecule has 1 aromatic heterocycles. The normalized spacial score (nSPS) is 23.7. The van der Waals surface area contributed by atoms with E-state index in [0.29, 0.717) is 0 Å². The van der Waals surface area contributed by atoms with E-state index in [9.17, 15) is 19.2 Å². The summed E-state index contributed by atoms with van der Waals surface area (Å²) in [6.07, 6.45) is -0.568. The number of esters is 1. The molecule has 1 aliphatic rings. The van der Waals surface area contributed by atoms with Crippen LogP contribution >= 0.6 is 0 Å². The molecule has 0 bridgehead atoms. The third kappa shape index (κ3) is 4.44. The van der Waals surface area contributed by atoms with Crippen molar-refractivity contribution in [2.24, 2.45) is 11.7 Å². The maximum Gasteiger partial charge on any atom is 0.331 e. The third-order valence-corrected chi connectivity index (χ3v) is 4.75. The number of nitrogens with zero attached hydrogens (tertiary/aromatic N) is 1. The minimum Gasteiger partial charge on any atom is -0.481 e. The van der Waals surface area contributed by atoms with Crippen molar-refractivity contribution in [2.45, 2.75) is 38.3 Å². The molecule has 10 nitrogen and oxygen atoms in total. The van der Waals surface area contributed by atoms with Crippen molar-refractivity contribution in [2.75, 3.05) is 0 Å². The molecule has 1 aliphatic heterocycles. The van der Waals surface area contributed by atoms with E-state index in [1.807, 2.05) is 6.07 Å². The van der Waals surface area contributed by atoms with Gasteiger partial charge in [-0.2, -0.15) is 0 Å². The van der Waals surface area contributed by atoms with E-state index < -0.39 is 47.5 Å². The van der Waals surface area contributed by atoms with Gasteiger partial charge in [0.15, 0.2) is 0 Å². The van der Waals surface area contributed by atoms with Crippen molar-refractivity contribution >= 4 is 11.9 Å². The molecule has 3 atom stereocenters. The van der Waals surface area contributed by atoms with Gasteiger partial charge < -0.3 is 14.6 Å². The summed E-state index contributed by atoms with van der Waals surface area (Å²) in [6, 6.07) is 8.98. The number of aliphatic carboxylic acids is 1. The van der Waals surface area contributed by atoms with E-state index >= 15 is 0 Å². The highest BCUT2D eigenvalue weighted by Gasteiger charge is 2.50. The standard InChI is InChI=1S/C19H21N3O7/c1-11-9-22(18(27)21-16(11)25)19(20)8-13(14(29-19)7-15(23)24)17(26)28-10-12-5-3-2-4-6-12/h2-6,9,13-14H,7-8,10,20H2,1H3,(H,23,24)(H,21,25,27)/t13-,14+,19-/m0/s1. The minimum absolute atomic E-state index is 0.00521. The lowest BCUT2D eigenvalue weighted by molar-refractivity contribution is -0.155. The quantitative estimate of drug-likeness (QED) is 0.571. The lowest BCUT2D eigenvalue weighted by atomic mass is 9.97. The molecule has 10 heteroatoms. The predicted molar refractivity (Wildman–Crippen MR) is 99.7 cm³/mol. The highest BCUT2D eigenvalue weighted by atomic mass is 16.6. The van der Waals surface area contributed by atoms with Crippen LogP contribution in [0.4, 0.5) is 0 Å². The molecular weight excluding hydrogens is 382 g/mol. The van der Waals surface area contributed by atoms with Gasteiger partial charge in [-0.25, -0.2) is 4.79 Å². The Morgan fingerprint density at radius 2 is 2.03 bits per heavy atom. The zero-order valence-corrected chi connectivity index (χ0v) is 15.7. The SMILES string of the molecule is Cc1cn([C@@]2(N)C[C@H](C(=O)OCc3ccccc3)[C@@H](CC(=O)O)O2)c(=O)[nH]c1=O. The Bertz CT molecular complexity index is 1030. The van der Waals surface area contributed by atoms with Gasteiger partial charge in [-0.05, 0) is 12.5 Å². The van der Waals surface area contributed by atoms with Gasteiger partial charge in [0.2, 0.25) is 5.85 Å². The van der Waals surface area contributed by atoms with Crippen LogP contribution in [0, 0.1) is 12.8 Å². The van der Waals surface area contributed by atoms with Crippen LogP contribution in [0.5, 0.6) is 0 Å². The van der Waals surface area contributed by atoms with Crippen molar-refractivity contribution in [3.63, 3.8) is 0 Å². The van der Waals surface area contributed by atoms with Gasteiger partial charge in [0.05, 0.1) is 18.4 Å². The van der Waals surface area contributed by atoms with Crippen LogP contribution in [0.1, 0.15) is 24.0 Å². The number of carboxylic acid groups (broad SMARTS) is 1. The topological polar surface area (TPSA) is 154 Å². The summed E-state index contributed by atoms with van der Waals surface area (Å²) in [7, 11) is 0. The van der Waals surface area contributed by atoms with Crippen molar-refractivity contribution in [3.8, 4) is 0 Å². The first kappa shape index (κ1) is 20.5. The molecule has 0 amide bonds. The number of hydrogen-bond donors (Lipinski definition) is 3. The van der Waals surface area contributed by atoms with E-state index in [0.717, 1.165) is 10.1 Å². The minimum atomic E-state index is -1.80. The number of aromatic amines is 1.